The maximum atomic E-state index is 5.31. The minimum Gasteiger partial charge on any atom is -0.361 e. The standard InChI is InChI=1S/C14H14N2O2/c1-2-3-7-10-17-11-13-15-14(18-16-13)12-8-5-4-6-9-12/h4-6,8-9H,2,10-11H2,1H3. The summed E-state index contributed by atoms with van der Waals surface area (Å²) >= 11 is 0. The Morgan fingerprint density at radius 3 is 2.83 bits per heavy atom. The SMILES string of the molecule is CCC#CCOCc1noc(-c2ccccc2)n1. The van der Waals surface area contributed by atoms with E-state index in [1.807, 2.05) is 37.3 Å². The first kappa shape index (κ1) is 12.3. The van der Waals surface area contributed by atoms with Gasteiger partial charge in [-0.25, -0.2) is 0 Å². The fourth-order valence-corrected chi connectivity index (χ4v) is 1.38. The molecule has 0 radical (unpaired) electrons. The van der Waals surface area contributed by atoms with Gasteiger partial charge in [0, 0.05) is 12.0 Å². The molecule has 2 rings (SSSR count). The largest absolute Gasteiger partial charge is 0.361 e. The number of nitrogens with zero attached hydrogens (tertiary/aromatic N) is 2. The second-order valence-corrected chi connectivity index (χ2v) is 3.58. The van der Waals surface area contributed by atoms with Crippen molar-refractivity contribution in [1.82, 2.24) is 10.1 Å². The lowest BCUT2D eigenvalue weighted by Crippen LogP contribution is -1.95. The lowest BCUT2D eigenvalue weighted by atomic mass is 10.2. The van der Waals surface area contributed by atoms with Crippen molar-refractivity contribution < 1.29 is 9.26 Å². The maximum Gasteiger partial charge on any atom is 0.258 e. The van der Waals surface area contributed by atoms with Crippen LogP contribution in [0.4, 0.5) is 0 Å². The van der Waals surface area contributed by atoms with Crippen LogP contribution in [0.3, 0.4) is 0 Å². The smallest absolute Gasteiger partial charge is 0.258 e. The Morgan fingerprint density at radius 1 is 1.22 bits per heavy atom. The molecule has 0 spiro atoms. The molecule has 0 N–H and O–H groups in total. The lowest BCUT2D eigenvalue weighted by molar-refractivity contribution is 0.144. The highest BCUT2D eigenvalue weighted by atomic mass is 16.5. The van der Waals surface area contributed by atoms with E-state index in [9.17, 15) is 0 Å². The summed E-state index contributed by atoms with van der Waals surface area (Å²) < 4.78 is 10.5. The normalized spacial score (nSPS) is 9.83. The summed E-state index contributed by atoms with van der Waals surface area (Å²) in [5.41, 5.74) is 0.905. The molecule has 0 aliphatic heterocycles. The van der Waals surface area contributed by atoms with Gasteiger partial charge in [-0.1, -0.05) is 36.2 Å². The monoisotopic (exact) mass is 242 g/mol. The summed E-state index contributed by atoms with van der Waals surface area (Å²) in [6, 6.07) is 9.64. The van der Waals surface area contributed by atoms with Crippen LogP contribution in [0, 0.1) is 11.8 Å². The van der Waals surface area contributed by atoms with Crippen molar-refractivity contribution in [2.75, 3.05) is 6.61 Å². The van der Waals surface area contributed by atoms with Gasteiger partial charge in [0.25, 0.3) is 5.89 Å². The molecule has 0 aliphatic carbocycles. The molecule has 0 fully saturated rings. The summed E-state index contributed by atoms with van der Waals surface area (Å²) in [6.45, 7) is 2.70. The van der Waals surface area contributed by atoms with E-state index >= 15 is 0 Å². The average molecular weight is 242 g/mol. The number of hydrogen-bond donors (Lipinski definition) is 0. The Hall–Kier alpha value is -2.12. The second-order valence-electron chi connectivity index (χ2n) is 3.58. The number of aromatic nitrogens is 2. The third-order valence-electron chi connectivity index (χ3n) is 2.20. The molecule has 2 aromatic rings. The highest BCUT2D eigenvalue weighted by molar-refractivity contribution is 5.51. The Labute approximate surface area is 106 Å². The molecular weight excluding hydrogens is 228 g/mol. The van der Waals surface area contributed by atoms with Crippen LogP contribution in [0.15, 0.2) is 34.9 Å². The van der Waals surface area contributed by atoms with Crippen molar-refractivity contribution in [3.8, 4) is 23.3 Å². The molecular formula is C14H14N2O2. The fraction of sp³-hybridized carbons (Fsp3) is 0.286. The molecule has 1 aromatic carbocycles. The molecule has 4 heteroatoms. The molecule has 1 heterocycles. The number of hydrogen-bond acceptors (Lipinski definition) is 4. The van der Waals surface area contributed by atoms with Crippen LogP contribution < -0.4 is 0 Å². The average Bonchev–Trinajstić information content (AvgIpc) is 2.88. The molecule has 0 atom stereocenters. The number of benzene rings is 1. The topological polar surface area (TPSA) is 48.2 Å². The van der Waals surface area contributed by atoms with Crippen LogP contribution in [0.2, 0.25) is 0 Å². The Morgan fingerprint density at radius 2 is 2.06 bits per heavy atom. The summed E-state index contributed by atoms with van der Waals surface area (Å²) in [6.07, 6.45) is 0.837. The Balaban J connectivity index is 1.91. The van der Waals surface area contributed by atoms with Crippen LogP contribution in [0.1, 0.15) is 19.2 Å². The maximum absolute atomic E-state index is 5.31. The van der Waals surface area contributed by atoms with Crippen molar-refractivity contribution in [2.24, 2.45) is 0 Å². The summed E-state index contributed by atoms with van der Waals surface area (Å²) in [4.78, 5) is 4.25. The minimum absolute atomic E-state index is 0.314. The molecule has 4 nitrogen and oxygen atoms in total. The molecule has 0 amide bonds. The zero-order valence-corrected chi connectivity index (χ0v) is 10.2. The van der Waals surface area contributed by atoms with E-state index < -0.39 is 0 Å². The van der Waals surface area contributed by atoms with E-state index in [4.69, 9.17) is 9.26 Å². The molecule has 0 aliphatic rings. The predicted octanol–water partition coefficient (Wildman–Crippen LogP) is 2.67. The van der Waals surface area contributed by atoms with Crippen LogP contribution >= 0.6 is 0 Å². The molecule has 0 unspecified atom stereocenters. The van der Waals surface area contributed by atoms with E-state index in [2.05, 4.69) is 22.0 Å². The quantitative estimate of drug-likeness (QED) is 0.611. The minimum atomic E-state index is 0.314. The van der Waals surface area contributed by atoms with Gasteiger partial charge in [0.1, 0.15) is 13.2 Å². The second kappa shape index (κ2) is 6.58. The van der Waals surface area contributed by atoms with Gasteiger partial charge in [-0.05, 0) is 12.1 Å². The molecule has 18 heavy (non-hydrogen) atoms. The van der Waals surface area contributed by atoms with E-state index in [0.29, 0.717) is 24.9 Å². The first-order chi connectivity index (χ1) is 8.90. The van der Waals surface area contributed by atoms with E-state index in [1.54, 1.807) is 0 Å². The third-order valence-corrected chi connectivity index (χ3v) is 2.20. The van der Waals surface area contributed by atoms with Gasteiger partial charge in [-0.15, -0.1) is 5.92 Å². The zero-order valence-electron chi connectivity index (χ0n) is 10.2. The summed E-state index contributed by atoms with van der Waals surface area (Å²) in [5, 5.41) is 3.85. The van der Waals surface area contributed by atoms with E-state index in [0.717, 1.165) is 12.0 Å². The van der Waals surface area contributed by atoms with Crippen LogP contribution in [-0.4, -0.2) is 16.7 Å². The van der Waals surface area contributed by atoms with Crippen molar-refractivity contribution in [3.63, 3.8) is 0 Å². The predicted molar refractivity (Wildman–Crippen MR) is 67.5 cm³/mol. The van der Waals surface area contributed by atoms with Gasteiger partial charge in [0.15, 0.2) is 5.82 Å². The highest BCUT2D eigenvalue weighted by Crippen LogP contribution is 2.16. The van der Waals surface area contributed by atoms with Gasteiger partial charge in [-0.2, -0.15) is 4.98 Å². The number of ether oxygens (including phenoxy) is 1. The van der Waals surface area contributed by atoms with Gasteiger partial charge in [-0.3, -0.25) is 0 Å². The van der Waals surface area contributed by atoms with Crippen molar-refractivity contribution in [3.05, 3.63) is 36.2 Å². The summed E-state index contributed by atoms with van der Waals surface area (Å²) in [7, 11) is 0. The summed E-state index contributed by atoms with van der Waals surface area (Å²) in [5.74, 6) is 6.85. The molecule has 0 saturated heterocycles. The first-order valence-electron chi connectivity index (χ1n) is 5.81. The van der Waals surface area contributed by atoms with Crippen molar-refractivity contribution >= 4 is 0 Å². The third kappa shape index (κ3) is 3.44. The molecule has 1 aromatic heterocycles. The van der Waals surface area contributed by atoms with Gasteiger partial charge >= 0.3 is 0 Å². The van der Waals surface area contributed by atoms with E-state index in [-0.39, 0.29) is 0 Å². The van der Waals surface area contributed by atoms with Crippen LogP contribution in [0.5, 0.6) is 0 Å². The zero-order chi connectivity index (χ0) is 12.6. The lowest BCUT2D eigenvalue weighted by Gasteiger charge is -1.93. The van der Waals surface area contributed by atoms with Crippen molar-refractivity contribution in [1.29, 1.82) is 0 Å². The molecule has 0 bridgehead atoms. The van der Waals surface area contributed by atoms with Gasteiger partial charge in [0.2, 0.25) is 0 Å². The fourth-order valence-electron chi connectivity index (χ4n) is 1.38. The first-order valence-corrected chi connectivity index (χ1v) is 5.81. The highest BCUT2D eigenvalue weighted by Gasteiger charge is 2.07. The van der Waals surface area contributed by atoms with Gasteiger partial charge < -0.3 is 9.26 Å². The Bertz CT molecular complexity index is 538. The van der Waals surface area contributed by atoms with E-state index in [1.165, 1.54) is 0 Å². The van der Waals surface area contributed by atoms with Crippen LogP contribution in [0.25, 0.3) is 11.5 Å². The van der Waals surface area contributed by atoms with Crippen LogP contribution in [-0.2, 0) is 11.3 Å². The van der Waals surface area contributed by atoms with Gasteiger partial charge in [0.05, 0.1) is 0 Å². The molecule has 0 saturated carbocycles. The number of rotatable bonds is 4. The Kier molecular flexibility index (Phi) is 4.51. The molecule has 92 valence electrons. The van der Waals surface area contributed by atoms with Crippen molar-refractivity contribution in [2.45, 2.75) is 20.0 Å².